The standard InChI is InChI=1S/C14H22N2O3/c1-10-5-4-6-12(13(10)17)9-16-11(2)14(18)15-7-8-19-3/h4-6,11,16-17H,7-9H2,1-3H3,(H,15,18). The van der Waals surface area contributed by atoms with Gasteiger partial charge in [0.2, 0.25) is 5.91 Å². The van der Waals surface area contributed by atoms with Crippen LogP contribution in [0.4, 0.5) is 0 Å². The lowest BCUT2D eigenvalue weighted by molar-refractivity contribution is -0.123. The van der Waals surface area contributed by atoms with Crippen molar-refractivity contribution in [3.05, 3.63) is 29.3 Å². The lowest BCUT2D eigenvalue weighted by Crippen LogP contribution is -2.42. The zero-order valence-corrected chi connectivity index (χ0v) is 11.7. The van der Waals surface area contributed by atoms with Crippen LogP contribution >= 0.6 is 0 Å². The minimum atomic E-state index is -0.322. The van der Waals surface area contributed by atoms with Crippen LogP contribution in [0.1, 0.15) is 18.1 Å². The first-order chi connectivity index (χ1) is 9.06. The van der Waals surface area contributed by atoms with Gasteiger partial charge in [-0.3, -0.25) is 4.79 Å². The maximum atomic E-state index is 11.7. The highest BCUT2D eigenvalue weighted by atomic mass is 16.5. The normalized spacial score (nSPS) is 12.2. The molecule has 0 aliphatic heterocycles. The third-order valence-corrected chi connectivity index (χ3v) is 2.92. The van der Waals surface area contributed by atoms with E-state index >= 15 is 0 Å². The summed E-state index contributed by atoms with van der Waals surface area (Å²) in [6.45, 7) is 5.08. The molecule has 1 amide bonds. The quantitative estimate of drug-likeness (QED) is 0.642. The number of ether oxygens (including phenoxy) is 1. The minimum absolute atomic E-state index is 0.0795. The number of benzene rings is 1. The number of hydrogen-bond donors (Lipinski definition) is 3. The predicted octanol–water partition coefficient (Wildman–Crippen LogP) is 0.941. The highest BCUT2D eigenvalue weighted by Crippen LogP contribution is 2.20. The first kappa shape index (κ1) is 15.5. The number of phenolic OH excluding ortho intramolecular Hbond substituents is 1. The van der Waals surface area contributed by atoms with Crippen LogP contribution in [0.3, 0.4) is 0 Å². The van der Waals surface area contributed by atoms with Crippen LogP contribution in [0.5, 0.6) is 5.75 Å². The SMILES string of the molecule is COCCNC(=O)C(C)NCc1cccc(C)c1O. The van der Waals surface area contributed by atoms with Gasteiger partial charge in [-0.15, -0.1) is 0 Å². The number of carbonyl (C=O) groups excluding carboxylic acids is 1. The Morgan fingerprint density at radius 2 is 2.21 bits per heavy atom. The van der Waals surface area contributed by atoms with Crippen LogP contribution in [0, 0.1) is 6.92 Å². The van der Waals surface area contributed by atoms with E-state index in [4.69, 9.17) is 4.74 Å². The van der Waals surface area contributed by atoms with Crippen molar-refractivity contribution in [2.45, 2.75) is 26.4 Å². The fraction of sp³-hybridized carbons (Fsp3) is 0.500. The molecule has 0 spiro atoms. The molecule has 0 aliphatic rings. The predicted molar refractivity (Wildman–Crippen MR) is 74.0 cm³/mol. The molecule has 0 radical (unpaired) electrons. The number of carbonyl (C=O) groups is 1. The number of aryl methyl sites for hydroxylation is 1. The molecule has 0 heterocycles. The van der Waals surface area contributed by atoms with Crippen molar-refractivity contribution < 1.29 is 14.6 Å². The third kappa shape index (κ3) is 4.89. The molecular weight excluding hydrogens is 244 g/mol. The Hall–Kier alpha value is -1.59. The largest absolute Gasteiger partial charge is 0.507 e. The van der Waals surface area contributed by atoms with Gasteiger partial charge in [0, 0.05) is 25.8 Å². The van der Waals surface area contributed by atoms with Crippen molar-refractivity contribution in [2.75, 3.05) is 20.3 Å². The molecule has 0 aromatic heterocycles. The second-order valence-corrected chi connectivity index (χ2v) is 4.47. The van der Waals surface area contributed by atoms with Crippen LogP contribution in [-0.4, -0.2) is 37.3 Å². The van der Waals surface area contributed by atoms with E-state index in [2.05, 4.69) is 10.6 Å². The Morgan fingerprint density at radius 1 is 1.47 bits per heavy atom. The van der Waals surface area contributed by atoms with Gasteiger partial charge in [0.05, 0.1) is 12.6 Å². The van der Waals surface area contributed by atoms with Crippen LogP contribution < -0.4 is 10.6 Å². The highest BCUT2D eigenvalue weighted by Gasteiger charge is 2.12. The summed E-state index contributed by atoms with van der Waals surface area (Å²) in [4.78, 5) is 11.7. The molecule has 5 heteroatoms. The van der Waals surface area contributed by atoms with E-state index in [-0.39, 0.29) is 17.7 Å². The third-order valence-electron chi connectivity index (χ3n) is 2.92. The molecule has 5 nitrogen and oxygen atoms in total. The smallest absolute Gasteiger partial charge is 0.236 e. The molecule has 3 N–H and O–H groups in total. The summed E-state index contributed by atoms with van der Waals surface area (Å²) >= 11 is 0. The van der Waals surface area contributed by atoms with Crippen LogP contribution in [0.2, 0.25) is 0 Å². The average Bonchev–Trinajstić information content (AvgIpc) is 2.40. The lowest BCUT2D eigenvalue weighted by Gasteiger charge is -2.15. The molecular formula is C14H22N2O3. The first-order valence-electron chi connectivity index (χ1n) is 6.33. The molecule has 0 bridgehead atoms. The number of methoxy groups -OCH3 is 1. The summed E-state index contributed by atoms with van der Waals surface area (Å²) in [7, 11) is 1.59. The van der Waals surface area contributed by atoms with Crippen LogP contribution in [0.25, 0.3) is 0 Å². The van der Waals surface area contributed by atoms with E-state index in [0.29, 0.717) is 19.7 Å². The number of para-hydroxylation sites is 1. The fourth-order valence-corrected chi connectivity index (χ4v) is 1.65. The summed E-state index contributed by atoms with van der Waals surface area (Å²) in [6, 6.07) is 5.25. The molecule has 1 rings (SSSR count). The second-order valence-electron chi connectivity index (χ2n) is 4.47. The zero-order chi connectivity index (χ0) is 14.3. The van der Waals surface area contributed by atoms with E-state index in [9.17, 15) is 9.90 Å². The van der Waals surface area contributed by atoms with Gasteiger partial charge in [-0.25, -0.2) is 0 Å². The van der Waals surface area contributed by atoms with Crippen molar-refractivity contribution in [3.63, 3.8) is 0 Å². The maximum absolute atomic E-state index is 11.7. The van der Waals surface area contributed by atoms with Crippen molar-refractivity contribution in [1.29, 1.82) is 0 Å². The van der Waals surface area contributed by atoms with Crippen molar-refractivity contribution in [2.24, 2.45) is 0 Å². The minimum Gasteiger partial charge on any atom is -0.507 e. The lowest BCUT2D eigenvalue weighted by atomic mass is 10.1. The summed E-state index contributed by atoms with van der Waals surface area (Å²) < 4.78 is 4.86. The van der Waals surface area contributed by atoms with E-state index in [1.807, 2.05) is 25.1 Å². The Balaban J connectivity index is 2.43. The number of nitrogens with one attached hydrogen (secondary N) is 2. The van der Waals surface area contributed by atoms with Crippen molar-refractivity contribution in [1.82, 2.24) is 10.6 Å². The van der Waals surface area contributed by atoms with E-state index in [1.54, 1.807) is 14.0 Å². The summed E-state index contributed by atoms with van der Waals surface area (Å²) in [5.41, 5.74) is 1.62. The van der Waals surface area contributed by atoms with Gasteiger partial charge in [0.25, 0.3) is 0 Å². The number of rotatable bonds is 7. The number of amides is 1. The van der Waals surface area contributed by atoms with Gasteiger partial charge in [-0.1, -0.05) is 18.2 Å². The van der Waals surface area contributed by atoms with Crippen LogP contribution in [-0.2, 0) is 16.1 Å². The van der Waals surface area contributed by atoms with Crippen LogP contribution in [0.15, 0.2) is 18.2 Å². The molecule has 1 aromatic rings. The number of phenols is 1. The molecule has 19 heavy (non-hydrogen) atoms. The fourth-order valence-electron chi connectivity index (χ4n) is 1.65. The van der Waals surface area contributed by atoms with Gasteiger partial charge in [0.15, 0.2) is 0 Å². The average molecular weight is 266 g/mol. The second kappa shape index (κ2) is 7.76. The Morgan fingerprint density at radius 3 is 2.89 bits per heavy atom. The Labute approximate surface area is 114 Å². The molecule has 0 saturated carbocycles. The summed E-state index contributed by atoms with van der Waals surface area (Å²) in [5.74, 6) is 0.200. The van der Waals surface area contributed by atoms with Gasteiger partial charge in [-0.2, -0.15) is 0 Å². The number of hydrogen-bond acceptors (Lipinski definition) is 4. The monoisotopic (exact) mass is 266 g/mol. The van der Waals surface area contributed by atoms with E-state index < -0.39 is 0 Å². The molecule has 0 saturated heterocycles. The Kier molecular flexibility index (Phi) is 6.32. The summed E-state index contributed by atoms with van der Waals surface area (Å²) in [6.07, 6.45) is 0. The van der Waals surface area contributed by atoms with E-state index in [0.717, 1.165) is 11.1 Å². The van der Waals surface area contributed by atoms with Gasteiger partial charge in [0.1, 0.15) is 5.75 Å². The molecule has 106 valence electrons. The van der Waals surface area contributed by atoms with Gasteiger partial charge >= 0.3 is 0 Å². The topological polar surface area (TPSA) is 70.6 Å². The van der Waals surface area contributed by atoms with E-state index in [1.165, 1.54) is 0 Å². The maximum Gasteiger partial charge on any atom is 0.236 e. The van der Waals surface area contributed by atoms with Gasteiger partial charge in [-0.05, 0) is 19.4 Å². The highest BCUT2D eigenvalue weighted by molar-refractivity contribution is 5.81. The number of aromatic hydroxyl groups is 1. The van der Waals surface area contributed by atoms with Crippen molar-refractivity contribution in [3.8, 4) is 5.75 Å². The molecule has 0 fully saturated rings. The molecule has 1 unspecified atom stereocenters. The Bertz CT molecular complexity index is 421. The molecule has 1 aromatic carbocycles. The molecule has 1 atom stereocenters. The first-order valence-corrected chi connectivity index (χ1v) is 6.33. The zero-order valence-electron chi connectivity index (χ0n) is 11.7. The molecule has 0 aliphatic carbocycles. The summed E-state index contributed by atoms with van der Waals surface area (Å²) in [5, 5.41) is 15.7. The van der Waals surface area contributed by atoms with Crippen molar-refractivity contribution >= 4 is 5.91 Å². The van der Waals surface area contributed by atoms with Gasteiger partial charge < -0.3 is 20.5 Å².